The smallest absolute Gasteiger partial charge is 0.211 e. The summed E-state index contributed by atoms with van der Waals surface area (Å²) in [7, 11) is -3.08. The quantitative estimate of drug-likeness (QED) is 0.744. The predicted molar refractivity (Wildman–Crippen MR) is 64.7 cm³/mol. The number of hydrogen-bond acceptors (Lipinski definition) is 3. The number of nitrogens with one attached hydrogen (secondary N) is 1. The predicted octanol–water partition coefficient (Wildman–Crippen LogP) is 1.26. The van der Waals surface area contributed by atoms with Crippen LogP contribution in [0.25, 0.3) is 0 Å². The minimum atomic E-state index is -3.08. The van der Waals surface area contributed by atoms with Gasteiger partial charge in [0.15, 0.2) is 0 Å². The standard InChI is InChI=1S/C11H23NO3S/c1-2-3-8-16(14,15)12-11-6-4-10(9-13)5-7-11/h10-13H,2-9H2,1H3. The first kappa shape index (κ1) is 13.9. The molecular weight excluding hydrogens is 226 g/mol. The highest BCUT2D eigenvalue weighted by Gasteiger charge is 2.23. The second kappa shape index (κ2) is 6.57. The zero-order valence-corrected chi connectivity index (χ0v) is 10.8. The van der Waals surface area contributed by atoms with Crippen LogP contribution in [-0.2, 0) is 10.0 Å². The van der Waals surface area contributed by atoms with Gasteiger partial charge in [0.2, 0.25) is 10.0 Å². The number of rotatable bonds is 6. The maximum absolute atomic E-state index is 11.6. The van der Waals surface area contributed by atoms with E-state index in [0.29, 0.717) is 5.92 Å². The molecule has 96 valence electrons. The lowest BCUT2D eigenvalue weighted by atomic mass is 9.87. The molecule has 0 heterocycles. The van der Waals surface area contributed by atoms with Gasteiger partial charge in [0.25, 0.3) is 0 Å². The molecule has 0 atom stereocenters. The van der Waals surface area contributed by atoms with Crippen LogP contribution in [-0.4, -0.2) is 31.9 Å². The van der Waals surface area contributed by atoms with E-state index < -0.39 is 10.0 Å². The van der Waals surface area contributed by atoms with Crippen molar-refractivity contribution in [3.8, 4) is 0 Å². The monoisotopic (exact) mass is 249 g/mol. The van der Waals surface area contributed by atoms with Gasteiger partial charge in [0.05, 0.1) is 5.75 Å². The maximum atomic E-state index is 11.6. The Morgan fingerprint density at radius 1 is 1.25 bits per heavy atom. The van der Waals surface area contributed by atoms with Gasteiger partial charge >= 0.3 is 0 Å². The van der Waals surface area contributed by atoms with Crippen molar-refractivity contribution in [1.29, 1.82) is 0 Å². The second-order valence-electron chi connectivity index (χ2n) is 4.69. The highest BCUT2D eigenvalue weighted by molar-refractivity contribution is 7.89. The largest absolute Gasteiger partial charge is 0.396 e. The molecule has 0 amide bonds. The number of aliphatic hydroxyl groups excluding tert-OH is 1. The van der Waals surface area contributed by atoms with Gasteiger partial charge in [-0.1, -0.05) is 13.3 Å². The van der Waals surface area contributed by atoms with E-state index in [-0.39, 0.29) is 18.4 Å². The molecule has 1 saturated carbocycles. The van der Waals surface area contributed by atoms with Crippen molar-refractivity contribution in [2.75, 3.05) is 12.4 Å². The van der Waals surface area contributed by atoms with Crippen LogP contribution in [0.5, 0.6) is 0 Å². The van der Waals surface area contributed by atoms with Crippen LogP contribution in [0.3, 0.4) is 0 Å². The Hall–Kier alpha value is -0.130. The summed E-state index contributed by atoms with van der Waals surface area (Å²) < 4.78 is 26.1. The summed E-state index contributed by atoms with van der Waals surface area (Å²) >= 11 is 0. The molecule has 16 heavy (non-hydrogen) atoms. The molecule has 0 aliphatic heterocycles. The lowest BCUT2D eigenvalue weighted by Gasteiger charge is -2.27. The summed E-state index contributed by atoms with van der Waals surface area (Å²) in [6, 6.07) is 0.0876. The van der Waals surface area contributed by atoms with Crippen LogP contribution < -0.4 is 4.72 Å². The fourth-order valence-electron chi connectivity index (χ4n) is 2.11. The molecule has 0 saturated heterocycles. The molecule has 0 aromatic carbocycles. The molecule has 4 nitrogen and oxygen atoms in total. The van der Waals surface area contributed by atoms with Gasteiger partial charge in [-0.2, -0.15) is 0 Å². The van der Waals surface area contributed by atoms with Crippen molar-refractivity contribution in [2.45, 2.75) is 51.5 Å². The molecule has 1 rings (SSSR count). The van der Waals surface area contributed by atoms with Crippen molar-refractivity contribution in [3.63, 3.8) is 0 Å². The number of hydrogen-bond donors (Lipinski definition) is 2. The fraction of sp³-hybridized carbons (Fsp3) is 1.00. The molecule has 1 aliphatic carbocycles. The topological polar surface area (TPSA) is 66.4 Å². The Morgan fingerprint density at radius 3 is 2.38 bits per heavy atom. The molecule has 5 heteroatoms. The summed E-state index contributed by atoms with van der Waals surface area (Å²) in [6.45, 7) is 2.22. The van der Waals surface area contributed by atoms with Crippen molar-refractivity contribution in [3.05, 3.63) is 0 Å². The first-order chi connectivity index (χ1) is 7.57. The van der Waals surface area contributed by atoms with Crippen molar-refractivity contribution in [1.82, 2.24) is 4.72 Å². The Bertz CT molecular complexity index is 282. The maximum Gasteiger partial charge on any atom is 0.211 e. The molecule has 0 bridgehead atoms. The first-order valence-corrected chi connectivity index (χ1v) is 7.83. The SMILES string of the molecule is CCCCS(=O)(=O)NC1CCC(CO)CC1. The summed E-state index contributed by atoms with van der Waals surface area (Å²) in [6.07, 6.45) is 5.20. The number of aliphatic hydroxyl groups is 1. The van der Waals surface area contributed by atoms with Crippen LogP contribution in [0.4, 0.5) is 0 Å². The Kier molecular flexibility index (Phi) is 5.72. The third-order valence-electron chi connectivity index (χ3n) is 3.22. The molecule has 2 N–H and O–H groups in total. The van der Waals surface area contributed by atoms with E-state index in [0.717, 1.165) is 38.5 Å². The van der Waals surface area contributed by atoms with Gasteiger partial charge in [-0.05, 0) is 38.0 Å². The fourth-order valence-corrected chi connectivity index (χ4v) is 3.64. The number of sulfonamides is 1. The minimum absolute atomic E-state index is 0.0876. The van der Waals surface area contributed by atoms with Crippen molar-refractivity contribution in [2.24, 2.45) is 5.92 Å². The zero-order chi connectivity index (χ0) is 12.0. The van der Waals surface area contributed by atoms with Crippen molar-refractivity contribution >= 4 is 10.0 Å². The van der Waals surface area contributed by atoms with Gasteiger partial charge in [-0.3, -0.25) is 0 Å². The molecule has 0 radical (unpaired) electrons. The average Bonchev–Trinajstić information content (AvgIpc) is 2.27. The summed E-state index contributed by atoms with van der Waals surface area (Å²) in [5.41, 5.74) is 0. The number of unbranched alkanes of at least 4 members (excludes halogenated alkanes) is 1. The second-order valence-corrected chi connectivity index (χ2v) is 6.56. The molecule has 1 fully saturated rings. The average molecular weight is 249 g/mol. The lowest BCUT2D eigenvalue weighted by molar-refractivity contribution is 0.180. The van der Waals surface area contributed by atoms with Crippen LogP contribution in [0.1, 0.15) is 45.4 Å². The van der Waals surface area contributed by atoms with Crippen LogP contribution >= 0.6 is 0 Å². The van der Waals surface area contributed by atoms with Gasteiger partial charge in [0, 0.05) is 12.6 Å². The van der Waals surface area contributed by atoms with Crippen molar-refractivity contribution < 1.29 is 13.5 Å². The van der Waals surface area contributed by atoms with E-state index in [4.69, 9.17) is 5.11 Å². The Balaban J connectivity index is 2.32. The highest BCUT2D eigenvalue weighted by atomic mass is 32.2. The molecule has 1 aliphatic rings. The summed E-state index contributed by atoms with van der Waals surface area (Å²) in [5, 5.41) is 8.99. The first-order valence-electron chi connectivity index (χ1n) is 6.18. The molecule has 0 unspecified atom stereocenters. The van der Waals surface area contributed by atoms with E-state index >= 15 is 0 Å². The van der Waals surface area contributed by atoms with Gasteiger partial charge in [-0.15, -0.1) is 0 Å². The Morgan fingerprint density at radius 2 is 1.88 bits per heavy atom. The van der Waals surface area contributed by atoms with E-state index in [1.807, 2.05) is 6.92 Å². The van der Waals surface area contributed by atoms with Gasteiger partial charge in [-0.25, -0.2) is 13.1 Å². The minimum Gasteiger partial charge on any atom is -0.396 e. The lowest BCUT2D eigenvalue weighted by Crippen LogP contribution is -2.39. The summed E-state index contributed by atoms with van der Waals surface area (Å²) in [5.74, 6) is 0.611. The summed E-state index contributed by atoms with van der Waals surface area (Å²) in [4.78, 5) is 0. The Labute approximate surface area is 98.5 Å². The van der Waals surface area contributed by atoms with Crippen LogP contribution in [0.2, 0.25) is 0 Å². The third-order valence-corrected chi connectivity index (χ3v) is 4.74. The van der Waals surface area contributed by atoms with E-state index in [9.17, 15) is 8.42 Å². The van der Waals surface area contributed by atoms with Gasteiger partial charge in [0.1, 0.15) is 0 Å². The normalized spacial score (nSPS) is 26.9. The van der Waals surface area contributed by atoms with E-state index in [1.165, 1.54) is 0 Å². The van der Waals surface area contributed by atoms with Gasteiger partial charge < -0.3 is 5.11 Å². The molecular formula is C11H23NO3S. The highest BCUT2D eigenvalue weighted by Crippen LogP contribution is 2.24. The van der Waals surface area contributed by atoms with Crippen LogP contribution in [0, 0.1) is 5.92 Å². The van der Waals surface area contributed by atoms with E-state index in [2.05, 4.69) is 4.72 Å². The molecule has 0 spiro atoms. The zero-order valence-electron chi connectivity index (χ0n) is 9.98. The van der Waals surface area contributed by atoms with E-state index in [1.54, 1.807) is 0 Å². The third kappa shape index (κ3) is 4.80. The molecule has 0 aromatic rings. The molecule has 0 aromatic heterocycles. The van der Waals surface area contributed by atoms with Crippen LogP contribution in [0.15, 0.2) is 0 Å².